The fourth-order valence-corrected chi connectivity index (χ4v) is 5.58. The van der Waals surface area contributed by atoms with E-state index in [1.54, 1.807) is 36.4 Å². The highest BCUT2D eigenvalue weighted by Gasteiger charge is 2.21. The van der Waals surface area contributed by atoms with Gasteiger partial charge in [0.1, 0.15) is 17.8 Å². The summed E-state index contributed by atoms with van der Waals surface area (Å²) in [4.78, 5) is 34.2. The summed E-state index contributed by atoms with van der Waals surface area (Å²) in [5, 5.41) is 19.2. The summed E-state index contributed by atoms with van der Waals surface area (Å²) >= 11 is 22.2. The van der Waals surface area contributed by atoms with Crippen molar-refractivity contribution >= 4 is 90.2 Å². The van der Waals surface area contributed by atoms with Crippen LogP contribution in [0, 0.1) is 10.1 Å². The zero-order valence-corrected chi connectivity index (χ0v) is 26.1. The molecule has 4 aromatic carbocycles. The number of nitrogens with zero attached hydrogens (tertiary/aromatic N) is 4. The third kappa shape index (κ3) is 6.00. The fraction of sp³-hybridized carbons (Fsp3) is 0.0333. The second-order valence-corrected chi connectivity index (χ2v) is 11.6. The lowest BCUT2D eigenvalue weighted by atomic mass is 10.1. The van der Waals surface area contributed by atoms with E-state index in [1.807, 2.05) is 24.3 Å². The van der Waals surface area contributed by atoms with Gasteiger partial charge in [0.15, 0.2) is 5.82 Å². The summed E-state index contributed by atoms with van der Waals surface area (Å²) in [5.74, 6) is 0.461. The van der Waals surface area contributed by atoms with Crippen LogP contribution in [0.5, 0.6) is 0 Å². The maximum atomic E-state index is 13.9. The minimum atomic E-state index is -0.565. The molecular weight excluding hydrogens is 695 g/mol. The molecule has 0 amide bonds. The number of hydrogen-bond donors (Lipinski definition) is 2. The Morgan fingerprint density at radius 1 is 0.909 bits per heavy atom. The topological polar surface area (TPSA) is 128 Å². The van der Waals surface area contributed by atoms with Gasteiger partial charge < -0.3 is 15.1 Å². The van der Waals surface area contributed by atoms with Gasteiger partial charge in [-0.1, -0.05) is 75.0 Å². The second kappa shape index (κ2) is 12.3. The normalized spacial score (nSPS) is 11.1. The van der Waals surface area contributed by atoms with E-state index in [9.17, 15) is 14.9 Å². The molecule has 44 heavy (non-hydrogen) atoms. The van der Waals surface area contributed by atoms with Crippen LogP contribution in [0.3, 0.4) is 0 Å². The predicted molar refractivity (Wildman–Crippen MR) is 175 cm³/mol. The second-order valence-electron chi connectivity index (χ2n) is 9.44. The minimum Gasteiger partial charge on any atom is -0.429 e. The molecule has 0 aliphatic carbocycles. The average Bonchev–Trinajstić information content (AvgIpc) is 3.45. The lowest BCUT2D eigenvalue weighted by molar-refractivity contribution is -0.383. The van der Waals surface area contributed by atoms with E-state index in [0.29, 0.717) is 42.6 Å². The molecule has 2 aromatic heterocycles. The molecule has 2 N–H and O–H groups in total. The first-order chi connectivity index (χ1) is 21.2. The minimum absolute atomic E-state index is 0.0851. The van der Waals surface area contributed by atoms with E-state index < -0.39 is 10.5 Å². The van der Waals surface area contributed by atoms with E-state index >= 15 is 0 Å². The highest BCUT2D eigenvalue weighted by Crippen LogP contribution is 2.35. The molecule has 0 aliphatic heterocycles. The number of halogens is 4. The van der Waals surface area contributed by atoms with Gasteiger partial charge >= 0.3 is 6.01 Å². The Morgan fingerprint density at radius 3 is 2.45 bits per heavy atom. The van der Waals surface area contributed by atoms with Crippen LogP contribution in [0.1, 0.15) is 11.4 Å². The highest BCUT2D eigenvalue weighted by molar-refractivity contribution is 9.10. The lowest BCUT2D eigenvalue weighted by Crippen LogP contribution is -2.24. The Hall–Kier alpha value is -4.42. The molecule has 0 fully saturated rings. The number of para-hydroxylation sites is 2. The molecule has 220 valence electrons. The van der Waals surface area contributed by atoms with Gasteiger partial charge in [0.25, 0.3) is 11.2 Å². The molecule has 0 atom stereocenters. The molecule has 6 rings (SSSR count). The summed E-state index contributed by atoms with van der Waals surface area (Å²) in [6.45, 7) is 0. The number of rotatable bonds is 8. The van der Waals surface area contributed by atoms with Crippen molar-refractivity contribution in [3.05, 3.63) is 137 Å². The number of nitro benzene ring substituents is 1. The van der Waals surface area contributed by atoms with Gasteiger partial charge in [0.2, 0.25) is 0 Å². The molecule has 10 nitrogen and oxygen atoms in total. The fourth-order valence-electron chi connectivity index (χ4n) is 4.56. The van der Waals surface area contributed by atoms with Crippen molar-refractivity contribution in [1.82, 2.24) is 14.5 Å². The monoisotopic (exact) mass is 710 g/mol. The first kappa shape index (κ1) is 29.6. The predicted octanol–water partition coefficient (Wildman–Crippen LogP) is 9.08. The largest absolute Gasteiger partial charge is 0.429 e. The highest BCUT2D eigenvalue weighted by atomic mass is 79.9. The molecule has 0 bridgehead atoms. The standard InChI is InChI=1S/C30H18BrCl3N6O4/c31-17-8-10-23-19(13-17)29(41)39(30-38-26(15-44-30)35-24-11-9-18(32)14-25(24)40(42)43)27(36-23)12-16-4-1-2-7-22(16)37-28-20(33)5-3-6-21(28)34/h1-11,13-15,35,37H,12H2. The molecule has 2 heterocycles. The average molecular weight is 713 g/mol. The number of fused-ring (bicyclic) bond motifs is 1. The van der Waals surface area contributed by atoms with E-state index in [0.717, 1.165) is 5.56 Å². The van der Waals surface area contributed by atoms with Crippen molar-refractivity contribution in [2.24, 2.45) is 0 Å². The van der Waals surface area contributed by atoms with Crippen molar-refractivity contribution in [3.63, 3.8) is 0 Å². The first-order valence-corrected chi connectivity index (χ1v) is 14.8. The summed E-state index contributed by atoms with van der Waals surface area (Å²) < 4.78 is 7.70. The quantitative estimate of drug-likeness (QED) is 0.118. The molecule has 14 heteroatoms. The summed E-state index contributed by atoms with van der Waals surface area (Å²) in [7, 11) is 0. The van der Waals surface area contributed by atoms with E-state index in [4.69, 9.17) is 44.2 Å². The van der Waals surface area contributed by atoms with Crippen LogP contribution >= 0.6 is 50.7 Å². The molecule has 0 unspecified atom stereocenters. The molecule has 0 radical (unpaired) electrons. The third-order valence-electron chi connectivity index (χ3n) is 6.59. The van der Waals surface area contributed by atoms with Crippen molar-refractivity contribution < 1.29 is 9.34 Å². The maximum absolute atomic E-state index is 13.9. The van der Waals surface area contributed by atoms with Gasteiger partial charge in [-0.15, -0.1) is 0 Å². The van der Waals surface area contributed by atoms with Crippen LogP contribution in [-0.4, -0.2) is 19.5 Å². The number of nitrogens with one attached hydrogen (secondary N) is 2. The van der Waals surface area contributed by atoms with Gasteiger partial charge in [0, 0.05) is 27.7 Å². The third-order valence-corrected chi connectivity index (χ3v) is 7.95. The Kier molecular flexibility index (Phi) is 8.28. The van der Waals surface area contributed by atoms with Crippen molar-refractivity contribution in [2.75, 3.05) is 10.6 Å². The van der Waals surface area contributed by atoms with Crippen LogP contribution in [0.4, 0.5) is 28.6 Å². The van der Waals surface area contributed by atoms with Crippen LogP contribution in [0.2, 0.25) is 15.1 Å². The lowest BCUT2D eigenvalue weighted by Gasteiger charge is -2.16. The summed E-state index contributed by atoms with van der Waals surface area (Å²) in [6.07, 6.45) is 1.43. The number of benzene rings is 4. The van der Waals surface area contributed by atoms with Gasteiger partial charge in [-0.2, -0.15) is 4.98 Å². The van der Waals surface area contributed by atoms with Crippen molar-refractivity contribution in [2.45, 2.75) is 6.42 Å². The van der Waals surface area contributed by atoms with Gasteiger partial charge in [-0.05, 0) is 54.1 Å². The maximum Gasteiger partial charge on any atom is 0.312 e. The molecule has 0 saturated heterocycles. The Morgan fingerprint density at radius 2 is 1.68 bits per heavy atom. The number of aromatic nitrogens is 3. The van der Waals surface area contributed by atoms with Crippen LogP contribution < -0.4 is 16.2 Å². The van der Waals surface area contributed by atoms with E-state index in [1.165, 1.54) is 29.0 Å². The van der Waals surface area contributed by atoms with Crippen LogP contribution in [0.15, 0.2) is 98.8 Å². The number of nitro groups is 1. The Balaban J connectivity index is 1.44. The molecular formula is C30H18BrCl3N6O4. The number of oxazole rings is 1. The van der Waals surface area contributed by atoms with Crippen LogP contribution in [0.25, 0.3) is 16.9 Å². The van der Waals surface area contributed by atoms with Gasteiger partial charge in [-0.3, -0.25) is 14.9 Å². The van der Waals surface area contributed by atoms with Gasteiger partial charge in [-0.25, -0.2) is 9.55 Å². The first-order valence-electron chi connectivity index (χ1n) is 12.8. The molecule has 0 aliphatic rings. The Labute approximate surface area is 272 Å². The summed E-state index contributed by atoms with van der Waals surface area (Å²) in [5.41, 5.74) is 1.97. The molecule has 6 aromatic rings. The smallest absolute Gasteiger partial charge is 0.312 e. The summed E-state index contributed by atoms with van der Waals surface area (Å²) in [6, 6.07) is 22.0. The molecule has 0 spiro atoms. The Bertz CT molecular complexity index is 2110. The van der Waals surface area contributed by atoms with Crippen molar-refractivity contribution in [3.8, 4) is 6.01 Å². The SMILES string of the molecule is O=c1c2cc(Br)ccc2nc(Cc2ccccc2Nc2c(Cl)cccc2Cl)n1-c1nc(Nc2ccc(Cl)cc2[N+](=O)[O-])co1. The van der Waals surface area contributed by atoms with Gasteiger partial charge in [0.05, 0.1) is 31.6 Å². The number of anilines is 4. The van der Waals surface area contributed by atoms with Crippen molar-refractivity contribution in [1.29, 1.82) is 0 Å². The van der Waals surface area contributed by atoms with Crippen LogP contribution in [-0.2, 0) is 6.42 Å². The zero-order valence-electron chi connectivity index (χ0n) is 22.2. The molecule has 0 saturated carbocycles. The van der Waals surface area contributed by atoms with E-state index in [-0.39, 0.29) is 34.7 Å². The van der Waals surface area contributed by atoms with E-state index in [2.05, 4.69) is 31.5 Å². The zero-order chi connectivity index (χ0) is 31.0. The number of hydrogen-bond acceptors (Lipinski definition) is 8.